The molecule has 2 unspecified atom stereocenters. The summed E-state index contributed by atoms with van der Waals surface area (Å²) in [5.74, 6) is 0.320. The molecule has 0 aromatic heterocycles. The number of benzene rings is 2. The normalized spacial score (nSPS) is 18.5. The Morgan fingerprint density at radius 3 is 1.21 bits per heavy atom. The van der Waals surface area contributed by atoms with E-state index in [1.165, 1.54) is 0 Å². The number of carbonyl (C=O) groups excluding carboxylic acids is 2. The topological polar surface area (TPSA) is 34.1 Å². The van der Waals surface area contributed by atoms with Crippen LogP contribution in [0, 0.1) is 22.7 Å². The monoisotopic (exact) mass is 711 g/mol. The van der Waals surface area contributed by atoms with Crippen LogP contribution in [0.15, 0.2) is 48.5 Å². The molecule has 181 valence electrons. The Bertz CT molecular complexity index is 861. The summed E-state index contributed by atoms with van der Waals surface area (Å²) < 4.78 is 0. The number of Topliss-reactive ketones (excluding diaryl/α,β-unsaturated/α-hetero) is 2. The van der Waals surface area contributed by atoms with E-state index in [1.54, 1.807) is 0 Å². The third-order valence-electron chi connectivity index (χ3n) is 7.45. The Balaban J connectivity index is 0.000000705. The molecule has 2 aliphatic carbocycles. The molecule has 0 fully saturated rings. The Morgan fingerprint density at radius 1 is 0.667 bits per heavy atom. The van der Waals surface area contributed by atoms with E-state index >= 15 is 0 Å². The van der Waals surface area contributed by atoms with E-state index in [4.69, 9.17) is 0 Å². The van der Waals surface area contributed by atoms with Crippen molar-refractivity contribution < 1.29 is 19.1 Å². The summed E-state index contributed by atoms with van der Waals surface area (Å²) >= 11 is 4.74. The molecule has 0 amide bonds. The first-order chi connectivity index (χ1) is 15.7. The molecule has 2 nitrogen and oxygen atoms in total. The van der Waals surface area contributed by atoms with Gasteiger partial charge in [-0.05, 0) is 34.8 Å². The molecule has 2 aromatic rings. The quantitative estimate of drug-likeness (QED) is 0.298. The van der Waals surface area contributed by atoms with Crippen molar-refractivity contribution in [3.63, 3.8) is 0 Å². The number of carbonyl (C=O) groups is 2. The molecule has 4 rings (SSSR count). The van der Waals surface area contributed by atoms with Crippen molar-refractivity contribution in [3.05, 3.63) is 70.8 Å². The van der Waals surface area contributed by atoms with Crippen LogP contribution in [0.2, 0.25) is 0 Å². The van der Waals surface area contributed by atoms with E-state index in [0.29, 0.717) is 9.47 Å². The van der Waals surface area contributed by atoms with Crippen LogP contribution < -0.4 is 0 Å². The molecule has 0 saturated carbocycles. The Kier molecular flexibility index (Phi) is 12.9. The summed E-state index contributed by atoms with van der Waals surface area (Å²) in [6, 6.07) is 15.9. The number of fused-ring (bicyclic) bond motifs is 2. The molecule has 33 heavy (non-hydrogen) atoms. The predicted octanol–water partition coefficient (Wildman–Crippen LogP) is 8.97. The van der Waals surface area contributed by atoms with E-state index in [-0.39, 0.29) is 34.2 Å². The SMILES string of the molecule is CC.CC.CC(C)(C1Cc2ccccc2C1=O)C(C)(C)C1Cc2ccccc2C1=O.[I][V][I]. The third-order valence-corrected chi connectivity index (χ3v) is 7.45. The van der Waals surface area contributed by atoms with Gasteiger partial charge in [0, 0.05) is 23.0 Å². The number of hydrogen-bond acceptors (Lipinski definition) is 2. The van der Waals surface area contributed by atoms with Crippen molar-refractivity contribution in [1.82, 2.24) is 0 Å². The van der Waals surface area contributed by atoms with Crippen molar-refractivity contribution in [1.29, 1.82) is 0 Å². The molecule has 2 aliphatic rings. The second-order valence-electron chi connectivity index (χ2n) is 9.06. The van der Waals surface area contributed by atoms with Gasteiger partial charge in [-0.1, -0.05) is 104 Å². The number of rotatable bonds is 3. The first-order valence-electron chi connectivity index (χ1n) is 11.8. The first kappa shape index (κ1) is 30.9. The van der Waals surface area contributed by atoms with Crippen molar-refractivity contribution in [2.75, 3.05) is 0 Å². The van der Waals surface area contributed by atoms with Gasteiger partial charge in [0.05, 0.1) is 0 Å². The summed E-state index contributed by atoms with van der Waals surface area (Å²) in [5, 5.41) is 0. The molecule has 0 heterocycles. The maximum atomic E-state index is 13.1. The van der Waals surface area contributed by atoms with Crippen LogP contribution in [0.5, 0.6) is 0 Å². The van der Waals surface area contributed by atoms with Gasteiger partial charge < -0.3 is 0 Å². The standard InChI is InChI=1S/C24H26O2.2C2H6.2HI.V/c1-23(2,19-13-15-9-5-7-11-17(15)21(19)25)24(3,4)20-14-16-10-6-8-12-18(16)22(20)26;2*1-2;;;/h5-12,19-20H,13-14H2,1-4H3;2*1-2H3;2*1H;/q;;;;;+2/p-2. The molecule has 0 aliphatic heterocycles. The predicted molar refractivity (Wildman–Crippen MR) is 154 cm³/mol. The third kappa shape index (κ3) is 6.34. The Morgan fingerprint density at radius 2 is 0.939 bits per heavy atom. The van der Waals surface area contributed by atoms with Crippen LogP contribution in [-0.4, -0.2) is 11.6 Å². The summed E-state index contributed by atoms with van der Waals surface area (Å²) in [5.41, 5.74) is 3.45. The fourth-order valence-electron chi connectivity index (χ4n) is 4.94. The molecule has 0 spiro atoms. The van der Waals surface area contributed by atoms with Gasteiger partial charge >= 0.3 is 49.4 Å². The average Bonchev–Trinajstić information content (AvgIpc) is 3.35. The zero-order valence-corrected chi connectivity index (χ0v) is 26.9. The van der Waals surface area contributed by atoms with Gasteiger partial charge in [0.25, 0.3) is 0 Å². The van der Waals surface area contributed by atoms with Gasteiger partial charge in [-0.15, -0.1) is 0 Å². The second-order valence-corrected chi connectivity index (χ2v) is 20.9. The summed E-state index contributed by atoms with van der Waals surface area (Å²) in [4.78, 5) is 26.2. The maximum absolute atomic E-state index is 13.1. The van der Waals surface area contributed by atoms with Crippen LogP contribution in [-0.2, 0) is 22.3 Å². The summed E-state index contributed by atoms with van der Waals surface area (Å²) in [6.07, 6.45) is 1.55. The van der Waals surface area contributed by atoms with E-state index in [9.17, 15) is 9.59 Å². The van der Waals surface area contributed by atoms with Gasteiger partial charge in [0.1, 0.15) is 0 Å². The van der Waals surface area contributed by atoms with Crippen LogP contribution in [0.25, 0.3) is 0 Å². The molecule has 0 saturated heterocycles. The molecule has 2 atom stereocenters. The number of halogens is 2. The fourth-order valence-corrected chi connectivity index (χ4v) is 4.94. The molecule has 0 bridgehead atoms. The van der Waals surface area contributed by atoms with Crippen LogP contribution >= 0.6 is 40.0 Å². The van der Waals surface area contributed by atoms with Gasteiger partial charge in [0.2, 0.25) is 0 Å². The van der Waals surface area contributed by atoms with Crippen molar-refractivity contribution >= 4 is 51.5 Å². The van der Waals surface area contributed by atoms with Crippen molar-refractivity contribution in [2.24, 2.45) is 22.7 Å². The minimum absolute atomic E-state index is 0.0774. The second kappa shape index (κ2) is 13.8. The van der Waals surface area contributed by atoms with E-state index in [0.717, 1.165) is 35.1 Å². The molecule has 0 N–H and O–H groups in total. The Hall–Kier alpha value is -0.176. The molecule has 5 heteroatoms. The molecular formula is C28H38I2O2V. The van der Waals surface area contributed by atoms with Gasteiger partial charge in [-0.3, -0.25) is 9.59 Å². The van der Waals surface area contributed by atoms with Gasteiger partial charge in [-0.2, -0.15) is 0 Å². The van der Waals surface area contributed by atoms with Crippen molar-refractivity contribution in [3.8, 4) is 0 Å². The van der Waals surface area contributed by atoms with E-state index in [2.05, 4.69) is 79.8 Å². The van der Waals surface area contributed by atoms with Gasteiger partial charge in [-0.25, -0.2) is 0 Å². The Labute approximate surface area is 230 Å². The molecular weight excluding hydrogens is 673 g/mol. The first-order valence-corrected chi connectivity index (χ1v) is 20.8. The number of hydrogen-bond donors (Lipinski definition) is 0. The van der Waals surface area contributed by atoms with Crippen LogP contribution in [0.4, 0.5) is 0 Å². The fraction of sp³-hybridized carbons (Fsp3) is 0.500. The minimum atomic E-state index is -0.286. The van der Waals surface area contributed by atoms with E-state index < -0.39 is 0 Å². The van der Waals surface area contributed by atoms with E-state index in [1.807, 2.05) is 64.1 Å². The van der Waals surface area contributed by atoms with Crippen molar-refractivity contribution in [2.45, 2.75) is 68.2 Å². The average molecular weight is 711 g/mol. The molecule has 2 aromatic carbocycles. The van der Waals surface area contributed by atoms with Crippen LogP contribution in [0.3, 0.4) is 0 Å². The van der Waals surface area contributed by atoms with Gasteiger partial charge in [0.15, 0.2) is 11.6 Å². The number of ketones is 2. The molecule has 0 radical (unpaired) electrons. The zero-order valence-electron chi connectivity index (χ0n) is 21.2. The summed E-state index contributed by atoms with van der Waals surface area (Å²) in [6.45, 7) is 16.7. The summed E-state index contributed by atoms with van der Waals surface area (Å²) in [7, 11) is 0.628. The zero-order chi connectivity index (χ0) is 25.4. The van der Waals surface area contributed by atoms with Crippen LogP contribution in [0.1, 0.15) is 87.2 Å².